The molecule has 0 aromatic carbocycles. The summed E-state index contributed by atoms with van der Waals surface area (Å²) in [4.78, 5) is 15.9. The SMILES string of the molecule is Cc1cc(N)c(C(=O)NCC2CCC2)cn1. The van der Waals surface area contributed by atoms with Crippen molar-refractivity contribution in [1.29, 1.82) is 0 Å². The minimum Gasteiger partial charge on any atom is -0.398 e. The first-order chi connectivity index (χ1) is 7.66. The fourth-order valence-corrected chi connectivity index (χ4v) is 1.80. The van der Waals surface area contributed by atoms with Gasteiger partial charge >= 0.3 is 0 Å². The van der Waals surface area contributed by atoms with Gasteiger partial charge in [-0.1, -0.05) is 6.42 Å². The summed E-state index contributed by atoms with van der Waals surface area (Å²) in [6.45, 7) is 2.61. The third-order valence-electron chi connectivity index (χ3n) is 3.09. The molecule has 0 unspecified atom stereocenters. The van der Waals surface area contributed by atoms with Crippen molar-refractivity contribution >= 4 is 11.6 Å². The Morgan fingerprint density at radius 1 is 1.62 bits per heavy atom. The molecule has 4 heteroatoms. The normalized spacial score (nSPS) is 15.6. The number of nitrogens with zero attached hydrogens (tertiary/aromatic N) is 1. The highest BCUT2D eigenvalue weighted by Gasteiger charge is 2.19. The van der Waals surface area contributed by atoms with E-state index in [1.807, 2.05) is 6.92 Å². The van der Waals surface area contributed by atoms with Crippen LogP contribution in [0.5, 0.6) is 0 Å². The van der Waals surface area contributed by atoms with E-state index in [9.17, 15) is 4.79 Å². The molecule has 3 N–H and O–H groups in total. The summed E-state index contributed by atoms with van der Waals surface area (Å²) in [5, 5.41) is 2.90. The highest BCUT2D eigenvalue weighted by atomic mass is 16.1. The number of carbonyl (C=O) groups excluding carboxylic acids is 1. The summed E-state index contributed by atoms with van der Waals surface area (Å²) in [6.07, 6.45) is 5.28. The van der Waals surface area contributed by atoms with Crippen LogP contribution in [0.25, 0.3) is 0 Å². The van der Waals surface area contributed by atoms with E-state index in [4.69, 9.17) is 5.73 Å². The van der Waals surface area contributed by atoms with Gasteiger partial charge in [0.15, 0.2) is 0 Å². The number of nitrogens with two attached hydrogens (primary N) is 1. The smallest absolute Gasteiger partial charge is 0.254 e. The van der Waals surface area contributed by atoms with Crippen molar-refractivity contribution in [3.8, 4) is 0 Å². The maximum absolute atomic E-state index is 11.8. The lowest BCUT2D eigenvalue weighted by Gasteiger charge is -2.25. The van der Waals surface area contributed by atoms with E-state index in [1.54, 1.807) is 12.3 Å². The summed E-state index contributed by atoms with van der Waals surface area (Å²) in [5.74, 6) is 0.542. The zero-order valence-corrected chi connectivity index (χ0v) is 9.49. The summed E-state index contributed by atoms with van der Waals surface area (Å²) in [6, 6.07) is 1.72. The van der Waals surface area contributed by atoms with Crippen LogP contribution in [0.2, 0.25) is 0 Å². The van der Waals surface area contributed by atoms with Crippen LogP contribution in [0.3, 0.4) is 0 Å². The number of pyridine rings is 1. The monoisotopic (exact) mass is 219 g/mol. The molecule has 1 heterocycles. The number of carbonyl (C=O) groups is 1. The molecular formula is C12H17N3O. The van der Waals surface area contributed by atoms with E-state index < -0.39 is 0 Å². The van der Waals surface area contributed by atoms with Crippen LogP contribution in [-0.2, 0) is 0 Å². The Bertz CT molecular complexity index is 399. The number of nitrogens with one attached hydrogen (secondary N) is 1. The lowest BCUT2D eigenvalue weighted by molar-refractivity contribution is 0.0939. The number of aryl methyl sites for hydroxylation is 1. The second kappa shape index (κ2) is 4.51. The van der Waals surface area contributed by atoms with Gasteiger partial charge in [0.05, 0.1) is 5.56 Å². The van der Waals surface area contributed by atoms with Crippen molar-refractivity contribution in [3.05, 3.63) is 23.5 Å². The van der Waals surface area contributed by atoms with Crippen LogP contribution in [0.15, 0.2) is 12.3 Å². The molecule has 0 aliphatic heterocycles. The summed E-state index contributed by atoms with van der Waals surface area (Å²) in [5.41, 5.74) is 7.58. The molecule has 1 amide bonds. The second-order valence-corrected chi connectivity index (χ2v) is 4.42. The average Bonchev–Trinajstić information content (AvgIpc) is 2.14. The number of hydrogen-bond donors (Lipinski definition) is 2. The number of hydrogen-bond acceptors (Lipinski definition) is 3. The van der Waals surface area contributed by atoms with Crippen molar-refractivity contribution < 1.29 is 4.79 Å². The Labute approximate surface area is 95.3 Å². The number of aromatic nitrogens is 1. The average molecular weight is 219 g/mol. The molecule has 2 rings (SSSR count). The topological polar surface area (TPSA) is 68.0 Å². The molecule has 0 spiro atoms. The van der Waals surface area contributed by atoms with Gasteiger partial charge in [-0.15, -0.1) is 0 Å². The molecule has 0 saturated heterocycles. The Morgan fingerprint density at radius 3 is 2.94 bits per heavy atom. The number of anilines is 1. The van der Waals surface area contributed by atoms with Gasteiger partial charge in [-0.2, -0.15) is 0 Å². The second-order valence-electron chi connectivity index (χ2n) is 4.42. The first-order valence-corrected chi connectivity index (χ1v) is 5.67. The quantitative estimate of drug-likeness (QED) is 0.809. The van der Waals surface area contributed by atoms with Gasteiger partial charge in [-0.25, -0.2) is 0 Å². The molecule has 0 radical (unpaired) electrons. The van der Waals surface area contributed by atoms with Crippen molar-refractivity contribution in [2.45, 2.75) is 26.2 Å². The molecule has 0 bridgehead atoms. The van der Waals surface area contributed by atoms with Crippen LogP contribution >= 0.6 is 0 Å². The first kappa shape index (κ1) is 10.9. The van der Waals surface area contributed by atoms with Gasteiger partial charge < -0.3 is 11.1 Å². The molecule has 16 heavy (non-hydrogen) atoms. The summed E-state index contributed by atoms with van der Waals surface area (Å²) >= 11 is 0. The lowest BCUT2D eigenvalue weighted by atomic mass is 9.85. The largest absolute Gasteiger partial charge is 0.398 e. The van der Waals surface area contributed by atoms with Crippen molar-refractivity contribution in [1.82, 2.24) is 10.3 Å². The minimum absolute atomic E-state index is 0.114. The molecule has 1 aliphatic carbocycles. The highest BCUT2D eigenvalue weighted by molar-refractivity contribution is 5.98. The number of nitrogen functional groups attached to an aromatic ring is 1. The van der Waals surface area contributed by atoms with Gasteiger partial charge in [0.2, 0.25) is 0 Å². The third-order valence-corrected chi connectivity index (χ3v) is 3.09. The molecule has 1 fully saturated rings. The standard InChI is InChI=1S/C12H17N3O/c1-8-5-11(13)10(7-14-8)12(16)15-6-9-3-2-4-9/h5,7,9H,2-4,6H2,1H3,(H2,13,14)(H,15,16). The van der Waals surface area contributed by atoms with E-state index in [0.29, 0.717) is 17.2 Å². The van der Waals surface area contributed by atoms with Gasteiger partial charge in [0.1, 0.15) is 0 Å². The van der Waals surface area contributed by atoms with E-state index in [-0.39, 0.29) is 5.91 Å². The molecule has 1 aliphatic rings. The van der Waals surface area contributed by atoms with Crippen LogP contribution < -0.4 is 11.1 Å². The van der Waals surface area contributed by atoms with Crippen LogP contribution in [0.4, 0.5) is 5.69 Å². The van der Waals surface area contributed by atoms with Gasteiger partial charge in [-0.05, 0) is 31.7 Å². The van der Waals surface area contributed by atoms with Gasteiger partial charge in [-0.3, -0.25) is 9.78 Å². The van der Waals surface area contributed by atoms with E-state index in [1.165, 1.54) is 19.3 Å². The fourth-order valence-electron chi connectivity index (χ4n) is 1.80. The predicted molar refractivity (Wildman–Crippen MR) is 63.1 cm³/mol. The van der Waals surface area contributed by atoms with E-state index >= 15 is 0 Å². The molecule has 1 saturated carbocycles. The fraction of sp³-hybridized carbons (Fsp3) is 0.500. The zero-order chi connectivity index (χ0) is 11.5. The highest BCUT2D eigenvalue weighted by Crippen LogP contribution is 2.25. The van der Waals surface area contributed by atoms with Gasteiger partial charge in [0.25, 0.3) is 5.91 Å². The molecule has 1 aromatic rings. The first-order valence-electron chi connectivity index (χ1n) is 5.67. The predicted octanol–water partition coefficient (Wildman–Crippen LogP) is 1.50. The summed E-state index contributed by atoms with van der Waals surface area (Å²) in [7, 11) is 0. The van der Waals surface area contributed by atoms with Crippen molar-refractivity contribution in [2.24, 2.45) is 5.92 Å². The maximum atomic E-state index is 11.8. The Kier molecular flexibility index (Phi) is 3.08. The maximum Gasteiger partial charge on any atom is 0.254 e. The van der Waals surface area contributed by atoms with E-state index in [2.05, 4.69) is 10.3 Å². The molecule has 0 atom stereocenters. The third kappa shape index (κ3) is 2.32. The summed E-state index contributed by atoms with van der Waals surface area (Å²) < 4.78 is 0. The molecular weight excluding hydrogens is 202 g/mol. The molecule has 1 aromatic heterocycles. The molecule has 86 valence electrons. The number of rotatable bonds is 3. The van der Waals surface area contributed by atoms with Crippen LogP contribution in [0, 0.1) is 12.8 Å². The Balaban J connectivity index is 1.96. The van der Waals surface area contributed by atoms with Crippen molar-refractivity contribution in [2.75, 3.05) is 12.3 Å². The number of amides is 1. The molecule has 4 nitrogen and oxygen atoms in total. The van der Waals surface area contributed by atoms with Crippen LogP contribution in [-0.4, -0.2) is 17.4 Å². The van der Waals surface area contributed by atoms with Gasteiger partial charge in [0, 0.05) is 24.1 Å². The van der Waals surface area contributed by atoms with Crippen LogP contribution in [0.1, 0.15) is 35.3 Å². The van der Waals surface area contributed by atoms with Crippen molar-refractivity contribution in [3.63, 3.8) is 0 Å². The zero-order valence-electron chi connectivity index (χ0n) is 9.49. The minimum atomic E-state index is -0.114. The Hall–Kier alpha value is -1.58. The van der Waals surface area contributed by atoms with E-state index in [0.717, 1.165) is 12.2 Å². The Morgan fingerprint density at radius 2 is 2.38 bits per heavy atom. The lowest BCUT2D eigenvalue weighted by Crippen LogP contribution is -2.32.